The molecule has 1 unspecified atom stereocenters. The number of hydrogen-bond acceptors (Lipinski definition) is 5. The maximum atomic E-state index is 12.5. The van der Waals surface area contributed by atoms with E-state index in [4.69, 9.17) is 4.42 Å². The van der Waals surface area contributed by atoms with Gasteiger partial charge in [0.1, 0.15) is 11.3 Å². The number of aryl methyl sites for hydroxylation is 1. The molecule has 6 nitrogen and oxygen atoms in total. The highest BCUT2D eigenvalue weighted by Gasteiger charge is 2.17. The van der Waals surface area contributed by atoms with E-state index in [2.05, 4.69) is 17.1 Å². The highest BCUT2D eigenvalue weighted by atomic mass is 16.4. The van der Waals surface area contributed by atoms with Crippen molar-refractivity contribution in [1.29, 1.82) is 0 Å². The molecule has 0 spiro atoms. The van der Waals surface area contributed by atoms with Crippen molar-refractivity contribution in [3.8, 4) is 5.75 Å². The van der Waals surface area contributed by atoms with Gasteiger partial charge >= 0.3 is 5.63 Å². The van der Waals surface area contributed by atoms with Crippen LogP contribution in [-0.2, 0) is 6.54 Å². The van der Waals surface area contributed by atoms with Crippen molar-refractivity contribution in [2.75, 3.05) is 12.4 Å². The van der Waals surface area contributed by atoms with Crippen molar-refractivity contribution in [2.24, 2.45) is 0 Å². The first-order chi connectivity index (χ1) is 15.8. The van der Waals surface area contributed by atoms with E-state index < -0.39 is 5.63 Å². The molecule has 0 radical (unpaired) electrons. The van der Waals surface area contributed by atoms with Gasteiger partial charge < -0.3 is 14.8 Å². The first kappa shape index (κ1) is 22.3. The van der Waals surface area contributed by atoms with Crippen molar-refractivity contribution < 1.29 is 14.3 Å². The zero-order valence-corrected chi connectivity index (χ0v) is 18.8. The smallest absolute Gasteiger partial charge is 0.336 e. The fourth-order valence-electron chi connectivity index (χ4n) is 3.88. The minimum Gasteiger partial charge on any atom is -0.508 e. The van der Waals surface area contributed by atoms with Crippen molar-refractivity contribution in [3.05, 3.63) is 105 Å². The summed E-state index contributed by atoms with van der Waals surface area (Å²) in [5.74, 6) is -0.0613. The van der Waals surface area contributed by atoms with Crippen LogP contribution in [0.2, 0.25) is 0 Å². The average Bonchev–Trinajstić information content (AvgIpc) is 2.82. The van der Waals surface area contributed by atoms with Crippen LogP contribution < -0.4 is 10.9 Å². The normalized spacial score (nSPS) is 12.1. The largest absolute Gasteiger partial charge is 0.508 e. The number of nitrogens with zero attached hydrogens (tertiary/aromatic N) is 1. The SMILES string of the molecule is Cc1c(O)ccc2c(CN(C)C(C)c3cccc(NC(=O)c4ccccc4)c3)cc(=O)oc12. The number of amides is 1. The third kappa shape index (κ3) is 4.81. The molecule has 0 aliphatic rings. The molecule has 4 rings (SSSR count). The van der Waals surface area contributed by atoms with Gasteiger partial charge in [-0.3, -0.25) is 9.69 Å². The van der Waals surface area contributed by atoms with E-state index in [1.165, 1.54) is 6.07 Å². The standard InChI is InChI=1S/C27H26N2O4/c1-17-24(30)13-12-23-21(15-25(31)33-26(17)23)16-29(3)18(2)20-10-7-11-22(14-20)28-27(32)19-8-5-4-6-9-19/h4-15,18,30H,16H2,1-3H3,(H,28,32). The van der Waals surface area contributed by atoms with Gasteiger partial charge in [0, 0.05) is 40.9 Å². The van der Waals surface area contributed by atoms with Gasteiger partial charge in [-0.15, -0.1) is 0 Å². The van der Waals surface area contributed by atoms with Gasteiger partial charge in [-0.2, -0.15) is 0 Å². The summed E-state index contributed by atoms with van der Waals surface area (Å²) in [7, 11) is 1.98. The van der Waals surface area contributed by atoms with Crippen LogP contribution in [0.5, 0.6) is 5.75 Å². The lowest BCUT2D eigenvalue weighted by Gasteiger charge is -2.26. The van der Waals surface area contributed by atoms with Gasteiger partial charge in [0.15, 0.2) is 0 Å². The Kier molecular flexibility index (Phi) is 6.29. The second kappa shape index (κ2) is 9.30. The predicted molar refractivity (Wildman–Crippen MR) is 130 cm³/mol. The lowest BCUT2D eigenvalue weighted by molar-refractivity contribution is 0.102. The molecule has 0 aliphatic heterocycles. The second-order valence-corrected chi connectivity index (χ2v) is 8.21. The van der Waals surface area contributed by atoms with Crippen molar-refractivity contribution in [2.45, 2.75) is 26.4 Å². The molecular formula is C27H26N2O4. The Hall–Kier alpha value is -3.90. The zero-order valence-electron chi connectivity index (χ0n) is 18.8. The Labute approximate surface area is 192 Å². The van der Waals surface area contributed by atoms with Gasteiger partial charge in [0.2, 0.25) is 0 Å². The summed E-state index contributed by atoms with van der Waals surface area (Å²) in [5, 5.41) is 13.7. The van der Waals surface area contributed by atoms with Crippen LogP contribution in [0, 0.1) is 6.92 Å². The lowest BCUT2D eigenvalue weighted by Crippen LogP contribution is -2.23. The Balaban J connectivity index is 1.55. The van der Waals surface area contributed by atoms with Crippen LogP contribution in [-0.4, -0.2) is 23.0 Å². The maximum absolute atomic E-state index is 12.5. The van der Waals surface area contributed by atoms with Crippen LogP contribution in [0.15, 0.2) is 82.0 Å². The molecule has 0 saturated carbocycles. The number of carbonyl (C=O) groups is 1. The molecule has 6 heteroatoms. The monoisotopic (exact) mass is 442 g/mol. The minimum absolute atomic E-state index is 0.0130. The molecule has 4 aromatic rings. The number of nitrogens with one attached hydrogen (secondary N) is 1. The molecule has 1 amide bonds. The average molecular weight is 443 g/mol. The molecule has 0 bridgehead atoms. The molecule has 1 aromatic heterocycles. The maximum Gasteiger partial charge on any atom is 0.336 e. The van der Waals surface area contributed by atoms with Crippen molar-refractivity contribution in [1.82, 2.24) is 4.90 Å². The summed E-state index contributed by atoms with van der Waals surface area (Å²) in [6, 6.07) is 21.7. The van der Waals surface area contributed by atoms with Gasteiger partial charge in [0.25, 0.3) is 5.91 Å². The summed E-state index contributed by atoms with van der Waals surface area (Å²) < 4.78 is 5.36. The van der Waals surface area contributed by atoms with Gasteiger partial charge in [-0.25, -0.2) is 4.79 Å². The minimum atomic E-state index is -0.446. The molecule has 0 saturated heterocycles. The van der Waals surface area contributed by atoms with E-state index >= 15 is 0 Å². The Morgan fingerprint density at radius 1 is 1.06 bits per heavy atom. The third-order valence-electron chi connectivity index (χ3n) is 5.96. The number of phenolic OH excluding ortho intramolecular Hbond substituents is 1. The Morgan fingerprint density at radius 3 is 2.58 bits per heavy atom. The zero-order chi connectivity index (χ0) is 23.5. The molecule has 2 N–H and O–H groups in total. The van der Waals surface area contributed by atoms with Crippen LogP contribution in [0.3, 0.4) is 0 Å². The first-order valence-electron chi connectivity index (χ1n) is 10.8. The number of hydrogen-bond donors (Lipinski definition) is 2. The quantitative estimate of drug-likeness (QED) is 0.399. The van der Waals surface area contributed by atoms with Gasteiger partial charge in [-0.05, 0) is 68.4 Å². The van der Waals surface area contributed by atoms with Gasteiger partial charge in [-0.1, -0.05) is 30.3 Å². The highest BCUT2D eigenvalue weighted by Crippen LogP contribution is 2.29. The summed E-state index contributed by atoms with van der Waals surface area (Å²) in [5.41, 5.74) is 3.69. The molecule has 1 atom stereocenters. The second-order valence-electron chi connectivity index (χ2n) is 8.21. The van der Waals surface area contributed by atoms with E-state index in [0.717, 1.165) is 22.2 Å². The van der Waals surface area contributed by atoms with E-state index in [0.29, 0.717) is 23.3 Å². The summed E-state index contributed by atoms with van der Waals surface area (Å²) in [6.07, 6.45) is 0. The molecular weight excluding hydrogens is 416 g/mol. The van der Waals surface area contributed by atoms with E-state index in [1.54, 1.807) is 31.2 Å². The van der Waals surface area contributed by atoms with Gasteiger partial charge in [0.05, 0.1) is 0 Å². The topological polar surface area (TPSA) is 82.8 Å². The molecule has 1 heterocycles. The fraction of sp³-hybridized carbons (Fsp3) is 0.185. The molecule has 3 aromatic carbocycles. The number of fused-ring (bicyclic) bond motifs is 1. The number of rotatable bonds is 6. The van der Waals surface area contributed by atoms with E-state index in [-0.39, 0.29) is 17.7 Å². The summed E-state index contributed by atoms with van der Waals surface area (Å²) in [4.78, 5) is 26.8. The van der Waals surface area contributed by atoms with Crippen molar-refractivity contribution in [3.63, 3.8) is 0 Å². The molecule has 33 heavy (non-hydrogen) atoms. The number of benzene rings is 3. The highest BCUT2D eigenvalue weighted by molar-refractivity contribution is 6.04. The van der Waals surface area contributed by atoms with E-state index in [1.807, 2.05) is 49.5 Å². The third-order valence-corrected chi connectivity index (χ3v) is 5.96. The summed E-state index contributed by atoms with van der Waals surface area (Å²) >= 11 is 0. The Bertz CT molecular complexity index is 1360. The Morgan fingerprint density at radius 2 is 1.82 bits per heavy atom. The van der Waals surface area contributed by atoms with Crippen LogP contribution in [0.4, 0.5) is 5.69 Å². The number of carbonyl (C=O) groups excluding carboxylic acids is 1. The van der Waals surface area contributed by atoms with Crippen LogP contribution in [0.25, 0.3) is 11.0 Å². The first-order valence-corrected chi connectivity index (χ1v) is 10.8. The predicted octanol–water partition coefficient (Wildman–Crippen LogP) is 5.25. The summed E-state index contributed by atoms with van der Waals surface area (Å²) in [6.45, 7) is 4.31. The molecule has 168 valence electrons. The van der Waals surface area contributed by atoms with Crippen LogP contribution >= 0.6 is 0 Å². The lowest BCUT2D eigenvalue weighted by atomic mass is 10.0. The fourth-order valence-corrected chi connectivity index (χ4v) is 3.88. The van der Waals surface area contributed by atoms with Crippen molar-refractivity contribution >= 4 is 22.6 Å². The van der Waals surface area contributed by atoms with E-state index in [9.17, 15) is 14.7 Å². The number of anilines is 1. The molecule has 0 fully saturated rings. The number of phenols is 1. The van der Waals surface area contributed by atoms with Crippen LogP contribution in [0.1, 0.15) is 40.0 Å². The molecule has 0 aliphatic carbocycles. The number of aromatic hydroxyl groups is 1.